The summed E-state index contributed by atoms with van der Waals surface area (Å²) in [6.45, 7) is 4.96. The number of hydrogen-bond acceptors (Lipinski definition) is 7. The first-order valence-corrected chi connectivity index (χ1v) is 13.4. The van der Waals surface area contributed by atoms with E-state index in [1.807, 2.05) is 10.7 Å². The van der Waals surface area contributed by atoms with Crippen LogP contribution in [0.3, 0.4) is 0 Å². The van der Waals surface area contributed by atoms with E-state index in [-0.39, 0.29) is 23.4 Å². The number of carbonyl (C=O) groups is 1. The van der Waals surface area contributed by atoms with Crippen molar-refractivity contribution in [2.75, 3.05) is 17.6 Å². The summed E-state index contributed by atoms with van der Waals surface area (Å²) in [5, 5.41) is 8.95. The van der Waals surface area contributed by atoms with Gasteiger partial charge < -0.3 is 14.2 Å². The average molecular weight is 500 g/mol. The highest BCUT2D eigenvalue weighted by Crippen LogP contribution is 2.35. The van der Waals surface area contributed by atoms with Crippen molar-refractivity contribution in [3.8, 4) is 5.75 Å². The second kappa shape index (κ2) is 9.37. The highest BCUT2D eigenvalue weighted by Gasteiger charge is 2.27. The van der Waals surface area contributed by atoms with Crippen molar-refractivity contribution in [3.63, 3.8) is 0 Å². The highest BCUT2D eigenvalue weighted by molar-refractivity contribution is 7.92. The molecule has 10 nitrogen and oxygen atoms in total. The average Bonchev–Trinajstić information content (AvgIpc) is 3.54. The standard InChI is InChI=1S/C24H29N5O5S/c1-3-22(30)28-13-18-11-25-29(19(18)14-28)12-17-9-20(33-2)23-21(10-17)34-26-24(23)27-35(31,32)15-16-7-5-4-6-8-16/h3,9-11,16H,1,4-8,12-15H2,2H3,(H,26,27). The molecule has 2 aromatic heterocycles. The summed E-state index contributed by atoms with van der Waals surface area (Å²) in [6, 6.07) is 3.63. The molecule has 1 aliphatic carbocycles. The number of ether oxygens (including phenoxy) is 1. The Balaban J connectivity index is 1.37. The minimum atomic E-state index is -3.57. The number of aromatic nitrogens is 3. The fraction of sp³-hybridized carbons (Fsp3) is 0.458. The Labute approximate surface area is 203 Å². The Hall–Kier alpha value is -3.34. The molecule has 11 heteroatoms. The van der Waals surface area contributed by atoms with Crippen molar-refractivity contribution in [2.24, 2.45) is 5.92 Å². The fourth-order valence-corrected chi connectivity index (χ4v) is 6.54. The Morgan fingerprint density at radius 3 is 2.83 bits per heavy atom. The monoisotopic (exact) mass is 499 g/mol. The molecule has 0 unspecified atom stereocenters. The minimum Gasteiger partial charge on any atom is -0.496 e. The van der Waals surface area contributed by atoms with Crippen LogP contribution in [0.25, 0.3) is 11.0 Å². The third kappa shape index (κ3) is 4.77. The molecule has 5 rings (SSSR count). The van der Waals surface area contributed by atoms with Gasteiger partial charge in [-0.25, -0.2) is 8.42 Å². The number of rotatable bonds is 8. The fourth-order valence-electron chi connectivity index (χ4n) is 5.07. The van der Waals surface area contributed by atoms with Gasteiger partial charge in [0.15, 0.2) is 11.4 Å². The first-order valence-electron chi connectivity index (χ1n) is 11.8. The van der Waals surface area contributed by atoms with E-state index < -0.39 is 10.0 Å². The zero-order valence-corrected chi connectivity index (χ0v) is 20.5. The van der Waals surface area contributed by atoms with E-state index >= 15 is 0 Å². The number of methoxy groups -OCH3 is 1. The van der Waals surface area contributed by atoms with E-state index in [2.05, 4.69) is 21.6 Å². The third-order valence-corrected chi connectivity index (χ3v) is 8.22. The van der Waals surface area contributed by atoms with Gasteiger partial charge in [-0.3, -0.25) is 14.2 Å². The smallest absolute Gasteiger partial charge is 0.246 e. The van der Waals surface area contributed by atoms with E-state index in [0.717, 1.165) is 42.5 Å². The van der Waals surface area contributed by atoms with Crippen molar-refractivity contribution in [3.05, 3.63) is 47.8 Å². The second-order valence-electron chi connectivity index (χ2n) is 9.26. The van der Waals surface area contributed by atoms with Gasteiger partial charge in [0, 0.05) is 12.1 Å². The van der Waals surface area contributed by atoms with Crippen molar-refractivity contribution >= 4 is 32.7 Å². The predicted octanol–water partition coefficient (Wildman–Crippen LogP) is 3.43. The summed E-state index contributed by atoms with van der Waals surface area (Å²) in [5.74, 6) is 0.730. The third-order valence-electron chi connectivity index (χ3n) is 6.81. The predicted molar refractivity (Wildman–Crippen MR) is 130 cm³/mol. The zero-order valence-electron chi connectivity index (χ0n) is 19.7. The maximum Gasteiger partial charge on any atom is 0.246 e. The molecule has 1 N–H and O–H groups in total. The van der Waals surface area contributed by atoms with Gasteiger partial charge in [0.2, 0.25) is 15.9 Å². The van der Waals surface area contributed by atoms with Crippen molar-refractivity contribution in [1.29, 1.82) is 0 Å². The Kier molecular flexibility index (Phi) is 6.26. The first-order chi connectivity index (χ1) is 16.9. The molecule has 1 aliphatic heterocycles. The maximum absolute atomic E-state index is 12.8. The van der Waals surface area contributed by atoms with E-state index in [9.17, 15) is 13.2 Å². The molecule has 1 fully saturated rings. The van der Waals surface area contributed by atoms with Crippen LogP contribution in [0, 0.1) is 5.92 Å². The second-order valence-corrected chi connectivity index (χ2v) is 11.0. The van der Waals surface area contributed by atoms with Crippen LogP contribution >= 0.6 is 0 Å². The summed E-state index contributed by atoms with van der Waals surface area (Å²) in [4.78, 5) is 13.7. The van der Waals surface area contributed by atoms with E-state index in [1.165, 1.54) is 19.6 Å². The van der Waals surface area contributed by atoms with Crippen LogP contribution in [0.2, 0.25) is 0 Å². The molecule has 1 saturated carbocycles. The van der Waals surface area contributed by atoms with Crippen LogP contribution in [-0.4, -0.2) is 47.0 Å². The number of nitrogens with one attached hydrogen (secondary N) is 1. The Morgan fingerprint density at radius 2 is 2.09 bits per heavy atom. The molecule has 35 heavy (non-hydrogen) atoms. The number of hydrogen-bond donors (Lipinski definition) is 1. The van der Waals surface area contributed by atoms with Crippen LogP contribution in [0.4, 0.5) is 5.82 Å². The summed E-state index contributed by atoms with van der Waals surface area (Å²) < 4.78 is 41.1. The molecule has 1 aromatic carbocycles. The van der Waals surface area contributed by atoms with Crippen molar-refractivity contribution in [2.45, 2.75) is 51.7 Å². The van der Waals surface area contributed by atoms with E-state index in [4.69, 9.17) is 9.26 Å². The molecule has 0 radical (unpaired) electrons. The molecule has 2 aliphatic rings. The van der Waals surface area contributed by atoms with Gasteiger partial charge >= 0.3 is 0 Å². The van der Waals surface area contributed by atoms with Crippen molar-refractivity contribution < 1.29 is 22.5 Å². The number of sulfonamides is 1. The first kappa shape index (κ1) is 23.4. The molecule has 0 saturated heterocycles. The number of anilines is 1. The molecule has 0 bridgehead atoms. The SMILES string of the molecule is C=CC(=O)N1Cc2cnn(Cc3cc(OC)c4c(NS(=O)(=O)CC5CCCCC5)noc4c3)c2C1. The molecule has 3 heterocycles. The van der Waals surface area contributed by atoms with Crippen molar-refractivity contribution in [1.82, 2.24) is 19.8 Å². The van der Waals surface area contributed by atoms with Gasteiger partial charge in [0.25, 0.3) is 0 Å². The quantitative estimate of drug-likeness (QED) is 0.472. The number of carbonyl (C=O) groups excluding carboxylic acids is 1. The zero-order chi connectivity index (χ0) is 24.6. The Bertz CT molecular complexity index is 1370. The van der Waals surface area contributed by atoms with Gasteiger partial charge in [-0.15, -0.1) is 0 Å². The van der Waals surface area contributed by atoms with Crippen LogP contribution < -0.4 is 9.46 Å². The molecule has 0 spiro atoms. The van der Waals surface area contributed by atoms with Gasteiger partial charge in [-0.2, -0.15) is 5.10 Å². The lowest BCUT2D eigenvalue weighted by Gasteiger charge is -2.21. The lowest BCUT2D eigenvalue weighted by molar-refractivity contribution is -0.126. The highest BCUT2D eigenvalue weighted by atomic mass is 32.2. The molecule has 0 atom stereocenters. The topological polar surface area (TPSA) is 120 Å². The van der Waals surface area contributed by atoms with Gasteiger partial charge in [-0.1, -0.05) is 31.0 Å². The molecule has 186 valence electrons. The lowest BCUT2D eigenvalue weighted by atomic mass is 9.91. The largest absolute Gasteiger partial charge is 0.496 e. The van der Waals surface area contributed by atoms with Crippen LogP contribution in [0.5, 0.6) is 5.75 Å². The normalized spacial score (nSPS) is 16.4. The van der Waals surface area contributed by atoms with Gasteiger partial charge in [0.1, 0.15) is 11.1 Å². The molecular weight excluding hydrogens is 470 g/mol. The summed E-state index contributed by atoms with van der Waals surface area (Å²) in [7, 11) is -2.05. The molecule has 1 amide bonds. The number of fused-ring (bicyclic) bond motifs is 2. The molecule has 3 aromatic rings. The van der Waals surface area contributed by atoms with Gasteiger partial charge in [0.05, 0.1) is 37.8 Å². The number of amides is 1. The molecular formula is C24H29N5O5S. The van der Waals surface area contributed by atoms with Crippen LogP contribution in [0.15, 0.2) is 35.5 Å². The van der Waals surface area contributed by atoms with Crippen LogP contribution in [-0.2, 0) is 34.5 Å². The van der Waals surface area contributed by atoms with E-state index in [1.54, 1.807) is 17.2 Å². The summed E-state index contributed by atoms with van der Waals surface area (Å²) >= 11 is 0. The van der Waals surface area contributed by atoms with Crippen LogP contribution in [0.1, 0.15) is 48.9 Å². The van der Waals surface area contributed by atoms with E-state index in [0.29, 0.717) is 36.4 Å². The maximum atomic E-state index is 12.8. The Morgan fingerprint density at radius 1 is 1.29 bits per heavy atom. The summed E-state index contributed by atoms with van der Waals surface area (Å²) in [5.41, 5.74) is 3.24. The number of benzene rings is 1. The summed E-state index contributed by atoms with van der Waals surface area (Å²) in [6.07, 6.45) is 8.28. The number of nitrogens with zero attached hydrogens (tertiary/aromatic N) is 4. The van der Waals surface area contributed by atoms with Gasteiger partial charge in [-0.05, 0) is 42.5 Å². The minimum absolute atomic E-state index is 0.0809. The lowest BCUT2D eigenvalue weighted by Crippen LogP contribution is -2.24.